The van der Waals surface area contributed by atoms with Gasteiger partial charge in [-0.1, -0.05) is 0 Å². The highest BCUT2D eigenvalue weighted by molar-refractivity contribution is 9.10. The highest BCUT2D eigenvalue weighted by atomic mass is 79.9. The molecule has 0 bridgehead atoms. The van der Waals surface area contributed by atoms with Crippen LogP contribution < -0.4 is 15.2 Å². The second-order valence-electron chi connectivity index (χ2n) is 3.24. The lowest BCUT2D eigenvalue weighted by molar-refractivity contribution is -0.142. The minimum absolute atomic E-state index is 0.517. The van der Waals surface area contributed by atoms with Gasteiger partial charge in [0.1, 0.15) is 22.0 Å². The van der Waals surface area contributed by atoms with Crippen LogP contribution in [-0.2, 0) is 9.53 Å². The minimum Gasteiger partial charge on any atom is -0.495 e. The number of esters is 1. The molecule has 1 atom stereocenters. The summed E-state index contributed by atoms with van der Waals surface area (Å²) in [5, 5.41) is 0. The predicted octanol–water partition coefficient (Wildman–Crippen LogP) is 1.64. The van der Waals surface area contributed by atoms with Crippen molar-refractivity contribution in [1.29, 1.82) is 0 Å². The first kappa shape index (κ1) is 13.8. The minimum atomic E-state index is -0.865. The Kier molecular flexibility index (Phi) is 4.77. The zero-order valence-corrected chi connectivity index (χ0v) is 11.4. The highest BCUT2D eigenvalue weighted by Gasteiger charge is 2.20. The Bertz CT molecular complexity index is 397. The van der Waals surface area contributed by atoms with Gasteiger partial charge in [0.2, 0.25) is 0 Å². The van der Waals surface area contributed by atoms with Gasteiger partial charge in [0, 0.05) is 0 Å². The summed E-state index contributed by atoms with van der Waals surface area (Å²) in [6.07, 6.45) is 0. The first-order valence-corrected chi connectivity index (χ1v) is 5.59. The molecule has 0 aromatic heterocycles. The van der Waals surface area contributed by atoms with Crippen molar-refractivity contribution in [1.82, 2.24) is 0 Å². The van der Waals surface area contributed by atoms with E-state index in [4.69, 9.17) is 15.2 Å². The van der Waals surface area contributed by atoms with Gasteiger partial charge in [-0.25, -0.2) is 0 Å². The molecule has 0 saturated carbocycles. The highest BCUT2D eigenvalue weighted by Crippen LogP contribution is 2.37. The van der Waals surface area contributed by atoms with Crippen LogP contribution in [0.2, 0.25) is 0 Å². The van der Waals surface area contributed by atoms with E-state index in [1.165, 1.54) is 21.3 Å². The van der Waals surface area contributed by atoms with Gasteiger partial charge < -0.3 is 19.9 Å². The third kappa shape index (κ3) is 2.89. The molecular formula is C11H14BrNO4. The van der Waals surface area contributed by atoms with Gasteiger partial charge in [-0.15, -0.1) is 0 Å². The molecule has 6 heteroatoms. The quantitative estimate of drug-likeness (QED) is 0.856. The number of methoxy groups -OCH3 is 3. The number of benzene rings is 1. The van der Waals surface area contributed by atoms with E-state index < -0.39 is 12.0 Å². The summed E-state index contributed by atoms with van der Waals surface area (Å²) < 4.78 is 15.6. The molecule has 0 spiro atoms. The van der Waals surface area contributed by atoms with E-state index >= 15 is 0 Å². The van der Waals surface area contributed by atoms with Crippen LogP contribution in [0, 0.1) is 0 Å². The zero-order valence-electron chi connectivity index (χ0n) is 9.82. The largest absolute Gasteiger partial charge is 0.495 e. The lowest BCUT2D eigenvalue weighted by Gasteiger charge is -2.14. The average Bonchev–Trinajstić information content (AvgIpc) is 2.37. The van der Waals surface area contributed by atoms with Gasteiger partial charge in [0.05, 0.1) is 21.3 Å². The number of hydrogen-bond acceptors (Lipinski definition) is 5. The summed E-state index contributed by atoms with van der Waals surface area (Å²) >= 11 is 3.33. The van der Waals surface area contributed by atoms with Gasteiger partial charge in [0.15, 0.2) is 0 Å². The van der Waals surface area contributed by atoms with Crippen LogP contribution in [0.15, 0.2) is 16.6 Å². The summed E-state index contributed by atoms with van der Waals surface area (Å²) in [4.78, 5) is 11.4. The molecule has 0 amide bonds. The number of hydrogen-bond donors (Lipinski definition) is 1. The van der Waals surface area contributed by atoms with Gasteiger partial charge in [-0.3, -0.25) is 4.79 Å². The van der Waals surface area contributed by atoms with E-state index in [-0.39, 0.29) is 0 Å². The number of ether oxygens (including phenoxy) is 3. The molecule has 1 aromatic carbocycles. The van der Waals surface area contributed by atoms with Crippen LogP contribution >= 0.6 is 15.9 Å². The fourth-order valence-corrected chi connectivity index (χ4v) is 1.88. The molecule has 0 radical (unpaired) electrons. The van der Waals surface area contributed by atoms with E-state index in [1.54, 1.807) is 12.1 Å². The molecule has 94 valence electrons. The van der Waals surface area contributed by atoms with Crippen molar-refractivity contribution in [2.75, 3.05) is 21.3 Å². The number of halogens is 1. The molecule has 0 aliphatic rings. The van der Waals surface area contributed by atoms with Crippen molar-refractivity contribution >= 4 is 21.9 Å². The standard InChI is InChI=1S/C11H14BrNO4/c1-15-7-4-6(10(13)11(14)17-3)5-8(16-2)9(7)12/h4-5,10H,13H2,1-3H3/t10-/m0/s1. The maximum absolute atomic E-state index is 11.4. The normalized spacial score (nSPS) is 11.8. The van der Waals surface area contributed by atoms with E-state index in [2.05, 4.69) is 20.7 Å². The van der Waals surface area contributed by atoms with Crippen molar-refractivity contribution in [3.05, 3.63) is 22.2 Å². The Hall–Kier alpha value is -1.27. The third-order valence-electron chi connectivity index (χ3n) is 2.28. The molecule has 1 rings (SSSR count). The summed E-state index contributed by atoms with van der Waals surface area (Å²) in [6, 6.07) is 2.46. The fraction of sp³-hybridized carbons (Fsp3) is 0.364. The van der Waals surface area contributed by atoms with Crippen LogP contribution in [0.4, 0.5) is 0 Å². The second-order valence-corrected chi connectivity index (χ2v) is 4.03. The van der Waals surface area contributed by atoms with E-state index in [1.807, 2.05) is 0 Å². The van der Waals surface area contributed by atoms with E-state index in [9.17, 15) is 4.79 Å². The van der Waals surface area contributed by atoms with Crippen molar-refractivity contribution in [3.8, 4) is 11.5 Å². The first-order chi connectivity index (χ1) is 8.04. The van der Waals surface area contributed by atoms with Crippen molar-refractivity contribution in [2.45, 2.75) is 6.04 Å². The first-order valence-electron chi connectivity index (χ1n) is 4.80. The summed E-state index contributed by atoms with van der Waals surface area (Å²) in [5.74, 6) is 0.564. The van der Waals surface area contributed by atoms with Crippen molar-refractivity contribution in [2.24, 2.45) is 5.73 Å². The van der Waals surface area contributed by atoms with Gasteiger partial charge in [-0.2, -0.15) is 0 Å². The summed E-state index contributed by atoms with van der Waals surface area (Å²) in [7, 11) is 4.33. The maximum atomic E-state index is 11.4. The Morgan fingerprint density at radius 2 is 1.71 bits per heavy atom. The van der Waals surface area contributed by atoms with Gasteiger partial charge in [0.25, 0.3) is 0 Å². The Labute approximate surface area is 108 Å². The van der Waals surface area contributed by atoms with Crippen molar-refractivity contribution < 1.29 is 19.0 Å². The molecular weight excluding hydrogens is 290 g/mol. The molecule has 17 heavy (non-hydrogen) atoms. The molecule has 0 aliphatic carbocycles. The molecule has 2 N–H and O–H groups in total. The second kappa shape index (κ2) is 5.88. The van der Waals surface area contributed by atoms with E-state index in [0.717, 1.165) is 0 Å². The van der Waals surface area contributed by atoms with Crippen molar-refractivity contribution in [3.63, 3.8) is 0 Å². The fourth-order valence-electron chi connectivity index (χ4n) is 1.33. The monoisotopic (exact) mass is 303 g/mol. The van der Waals surface area contributed by atoms with Gasteiger partial charge in [-0.05, 0) is 33.6 Å². The molecule has 0 heterocycles. The number of rotatable bonds is 4. The molecule has 1 aromatic rings. The molecule has 0 unspecified atom stereocenters. The SMILES string of the molecule is COC(=O)[C@@H](N)c1cc(OC)c(Br)c(OC)c1. The Morgan fingerprint density at radius 3 is 2.06 bits per heavy atom. The third-order valence-corrected chi connectivity index (χ3v) is 3.06. The van der Waals surface area contributed by atoms with Crippen LogP contribution in [0.1, 0.15) is 11.6 Å². The summed E-state index contributed by atoms with van der Waals surface area (Å²) in [5.41, 5.74) is 6.31. The zero-order chi connectivity index (χ0) is 13.0. The number of carbonyl (C=O) groups excluding carboxylic acids is 1. The van der Waals surface area contributed by atoms with Crippen LogP contribution in [-0.4, -0.2) is 27.3 Å². The predicted molar refractivity (Wildman–Crippen MR) is 66.2 cm³/mol. The smallest absolute Gasteiger partial charge is 0.327 e. The van der Waals surface area contributed by atoms with Gasteiger partial charge >= 0.3 is 5.97 Å². The maximum Gasteiger partial charge on any atom is 0.327 e. The molecule has 0 saturated heterocycles. The molecule has 0 fully saturated rings. The Balaban J connectivity index is 3.21. The van der Waals surface area contributed by atoms with Crippen LogP contribution in [0.25, 0.3) is 0 Å². The van der Waals surface area contributed by atoms with Crippen LogP contribution in [0.5, 0.6) is 11.5 Å². The number of carbonyl (C=O) groups is 1. The Morgan fingerprint density at radius 1 is 1.24 bits per heavy atom. The van der Waals surface area contributed by atoms with Crippen LogP contribution in [0.3, 0.4) is 0 Å². The van der Waals surface area contributed by atoms with E-state index in [0.29, 0.717) is 21.5 Å². The average molecular weight is 304 g/mol. The topological polar surface area (TPSA) is 70.8 Å². The summed E-state index contributed by atoms with van der Waals surface area (Å²) in [6.45, 7) is 0. The molecule has 0 aliphatic heterocycles. The lowest BCUT2D eigenvalue weighted by Crippen LogP contribution is -2.22. The molecule has 5 nitrogen and oxygen atoms in total. The lowest BCUT2D eigenvalue weighted by atomic mass is 10.1. The number of nitrogens with two attached hydrogens (primary N) is 1.